The second kappa shape index (κ2) is 7.12. The smallest absolute Gasteiger partial charge is 0.255 e. The number of imide groups is 1. The van der Waals surface area contributed by atoms with Crippen LogP contribution in [0.25, 0.3) is 0 Å². The van der Waals surface area contributed by atoms with Crippen LogP contribution in [0.2, 0.25) is 0 Å². The Kier molecular flexibility index (Phi) is 4.53. The molecule has 0 radical (unpaired) electrons. The Hall–Kier alpha value is -2.25. The first-order chi connectivity index (χ1) is 15.3. The molecule has 6 aliphatic rings. The number of amides is 3. The molecule has 4 saturated carbocycles. The van der Waals surface area contributed by atoms with E-state index in [0.29, 0.717) is 30.5 Å². The minimum atomic E-state index is -0.568. The van der Waals surface area contributed by atoms with E-state index in [1.54, 1.807) is 4.90 Å². The van der Waals surface area contributed by atoms with E-state index in [-0.39, 0.29) is 29.7 Å². The van der Waals surface area contributed by atoms with Crippen molar-refractivity contribution >= 4 is 17.7 Å². The van der Waals surface area contributed by atoms with Crippen LogP contribution in [0.5, 0.6) is 0 Å². The molecule has 7 heteroatoms. The molecule has 0 spiro atoms. The first-order valence-corrected chi connectivity index (χ1v) is 12.1. The molecule has 1 saturated heterocycles. The highest BCUT2D eigenvalue weighted by Gasteiger charge is 2.55. The van der Waals surface area contributed by atoms with Gasteiger partial charge in [0.1, 0.15) is 6.04 Å². The number of nitrogens with one attached hydrogen (secondary N) is 2. The van der Waals surface area contributed by atoms with Crippen LogP contribution in [0.3, 0.4) is 0 Å². The summed E-state index contributed by atoms with van der Waals surface area (Å²) in [6.07, 6.45) is 8.17. The van der Waals surface area contributed by atoms with Gasteiger partial charge in [-0.25, -0.2) is 0 Å². The average molecular weight is 437 g/mol. The molecule has 4 aliphatic carbocycles. The molecule has 3 amide bonds. The summed E-state index contributed by atoms with van der Waals surface area (Å²) < 4.78 is 0. The fourth-order valence-corrected chi connectivity index (χ4v) is 8.01. The Balaban J connectivity index is 1.15. The summed E-state index contributed by atoms with van der Waals surface area (Å²) in [7, 11) is 0. The van der Waals surface area contributed by atoms with Gasteiger partial charge in [-0.3, -0.25) is 19.7 Å². The van der Waals surface area contributed by atoms with Gasteiger partial charge in [0, 0.05) is 37.2 Å². The second-order valence-electron chi connectivity index (χ2n) is 11.3. The summed E-state index contributed by atoms with van der Waals surface area (Å²) in [5.74, 6) is 0.860. The Morgan fingerprint density at radius 1 is 1.12 bits per heavy atom. The number of fused-ring (bicyclic) bond motifs is 1. The summed E-state index contributed by atoms with van der Waals surface area (Å²) in [6, 6.07) is 5.30. The van der Waals surface area contributed by atoms with E-state index in [2.05, 4.69) is 16.7 Å². The Morgan fingerprint density at radius 2 is 1.91 bits per heavy atom. The van der Waals surface area contributed by atoms with E-state index in [1.807, 2.05) is 12.1 Å². The largest absolute Gasteiger partial charge is 0.325 e. The number of nitrogens with zero attached hydrogens (tertiary/aromatic N) is 1. The minimum Gasteiger partial charge on any atom is -0.325 e. The fraction of sp³-hybridized carbons (Fsp3) is 0.640. The summed E-state index contributed by atoms with van der Waals surface area (Å²) >= 11 is 0. The van der Waals surface area contributed by atoms with Crippen LogP contribution in [0.4, 0.5) is 0 Å². The van der Waals surface area contributed by atoms with Crippen molar-refractivity contribution in [2.75, 3.05) is 6.54 Å². The van der Waals surface area contributed by atoms with E-state index in [1.165, 1.54) is 32.1 Å². The third-order valence-electron chi connectivity index (χ3n) is 8.72. The third kappa shape index (κ3) is 3.28. The molecule has 4 N–H and O–H groups in total. The molecule has 2 heterocycles. The van der Waals surface area contributed by atoms with Crippen molar-refractivity contribution in [1.29, 1.82) is 0 Å². The van der Waals surface area contributed by atoms with Crippen molar-refractivity contribution in [1.82, 2.24) is 15.5 Å². The zero-order chi connectivity index (χ0) is 22.1. The lowest BCUT2D eigenvalue weighted by Gasteiger charge is -2.61. The number of hydrogen-bond donors (Lipinski definition) is 3. The van der Waals surface area contributed by atoms with Gasteiger partial charge in [-0.05, 0) is 79.4 Å². The molecule has 7 rings (SSSR count). The van der Waals surface area contributed by atoms with E-state index < -0.39 is 6.04 Å². The van der Waals surface area contributed by atoms with Crippen LogP contribution in [0.15, 0.2) is 18.2 Å². The molecule has 0 aromatic heterocycles. The maximum Gasteiger partial charge on any atom is 0.255 e. The first kappa shape index (κ1) is 20.4. The molecule has 7 nitrogen and oxygen atoms in total. The van der Waals surface area contributed by atoms with Crippen molar-refractivity contribution < 1.29 is 14.4 Å². The van der Waals surface area contributed by atoms with Crippen molar-refractivity contribution in [3.8, 4) is 0 Å². The van der Waals surface area contributed by atoms with Crippen LogP contribution in [0, 0.1) is 17.3 Å². The monoisotopic (exact) mass is 436 g/mol. The second-order valence-corrected chi connectivity index (χ2v) is 11.3. The van der Waals surface area contributed by atoms with Crippen LogP contribution in [-0.2, 0) is 22.7 Å². The molecule has 3 unspecified atom stereocenters. The summed E-state index contributed by atoms with van der Waals surface area (Å²) in [6.45, 7) is 2.13. The molecule has 5 fully saturated rings. The lowest BCUT2D eigenvalue weighted by molar-refractivity contribution is -0.136. The minimum absolute atomic E-state index is 0.0502. The van der Waals surface area contributed by atoms with Crippen molar-refractivity contribution in [2.45, 2.75) is 76.0 Å². The lowest BCUT2D eigenvalue weighted by Crippen LogP contribution is -2.62. The number of rotatable bonds is 5. The third-order valence-corrected chi connectivity index (χ3v) is 8.72. The lowest BCUT2D eigenvalue weighted by atomic mass is 9.47. The first-order valence-electron chi connectivity index (χ1n) is 12.1. The molecule has 2 aliphatic heterocycles. The number of hydrogen-bond acceptors (Lipinski definition) is 5. The molecule has 1 aromatic rings. The zero-order valence-electron chi connectivity index (χ0n) is 18.5. The number of carbonyl (C=O) groups is 3. The Bertz CT molecular complexity index is 991. The van der Waals surface area contributed by atoms with Crippen molar-refractivity contribution in [3.63, 3.8) is 0 Å². The highest BCUT2D eigenvalue weighted by atomic mass is 16.2. The highest BCUT2D eigenvalue weighted by Crippen LogP contribution is 2.60. The van der Waals surface area contributed by atoms with Gasteiger partial charge >= 0.3 is 0 Å². The van der Waals surface area contributed by atoms with Crippen LogP contribution < -0.4 is 16.4 Å². The number of carbonyl (C=O) groups excluding carboxylic acids is 3. The van der Waals surface area contributed by atoms with Crippen LogP contribution in [0.1, 0.15) is 72.9 Å². The average Bonchev–Trinajstić information content (AvgIpc) is 3.03. The number of benzene rings is 1. The maximum atomic E-state index is 13.0. The van der Waals surface area contributed by atoms with Gasteiger partial charge < -0.3 is 16.0 Å². The van der Waals surface area contributed by atoms with Gasteiger partial charge in [-0.1, -0.05) is 12.1 Å². The maximum absolute atomic E-state index is 13.0. The quantitative estimate of drug-likeness (QED) is 0.611. The fourth-order valence-electron chi connectivity index (χ4n) is 8.01. The standard InChI is InChI=1S/C25H32N4O3/c26-25-9-15-6-16(10-25)8-24(7-15,13-25)14-27-11-17-2-1-3-18-19(17)12-29(23(18)32)20-4-5-21(30)28-22(20)31/h1-3,15-16,20,27H,4-14,26H2,(H,28,30,31). The highest BCUT2D eigenvalue weighted by molar-refractivity contribution is 6.05. The summed E-state index contributed by atoms with van der Waals surface area (Å²) in [5, 5.41) is 6.09. The van der Waals surface area contributed by atoms with Gasteiger partial charge in [0.2, 0.25) is 11.8 Å². The van der Waals surface area contributed by atoms with Crippen LogP contribution in [-0.4, -0.2) is 40.7 Å². The zero-order valence-corrected chi connectivity index (χ0v) is 18.5. The topological polar surface area (TPSA) is 105 Å². The van der Waals surface area contributed by atoms with E-state index in [4.69, 9.17) is 5.73 Å². The molecule has 170 valence electrons. The summed E-state index contributed by atoms with van der Waals surface area (Å²) in [5.41, 5.74) is 9.95. The predicted octanol–water partition coefficient (Wildman–Crippen LogP) is 1.83. The van der Waals surface area contributed by atoms with Gasteiger partial charge in [0.25, 0.3) is 5.91 Å². The Morgan fingerprint density at radius 3 is 2.62 bits per heavy atom. The molecule has 4 bridgehead atoms. The van der Waals surface area contributed by atoms with Gasteiger partial charge in [0.15, 0.2) is 0 Å². The predicted molar refractivity (Wildman–Crippen MR) is 118 cm³/mol. The van der Waals surface area contributed by atoms with E-state index >= 15 is 0 Å². The van der Waals surface area contributed by atoms with E-state index in [9.17, 15) is 14.4 Å². The molecule has 1 aromatic carbocycles. The number of piperidine rings is 1. The number of nitrogens with two attached hydrogens (primary N) is 1. The molecule has 32 heavy (non-hydrogen) atoms. The SMILES string of the molecule is NC12CC3CC(C1)CC(CNCc1cccc4c1CN(C1CCC(=O)NC1=O)C4=O)(C3)C2. The van der Waals surface area contributed by atoms with E-state index in [0.717, 1.165) is 35.9 Å². The summed E-state index contributed by atoms with van der Waals surface area (Å²) in [4.78, 5) is 38.5. The van der Waals surface area contributed by atoms with Crippen molar-refractivity contribution in [2.24, 2.45) is 23.0 Å². The van der Waals surface area contributed by atoms with Gasteiger partial charge in [-0.2, -0.15) is 0 Å². The normalized spacial score (nSPS) is 37.7. The van der Waals surface area contributed by atoms with Gasteiger partial charge in [0.05, 0.1) is 0 Å². The molecular weight excluding hydrogens is 404 g/mol. The van der Waals surface area contributed by atoms with Crippen LogP contribution >= 0.6 is 0 Å². The molecule has 3 atom stereocenters. The molecular formula is C25H32N4O3. The van der Waals surface area contributed by atoms with Crippen molar-refractivity contribution in [3.05, 3.63) is 34.9 Å². The van der Waals surface area contributed by atoms with Gasteiger partial charge in [-0.15, -0.1) is 0 Å². The Labute approximate surface area is 188 Å².